The van der Waals surface area contributed by atoms with Crippen LogP contribution in [0.25, 0.3) is 0 Å². The highest BCUT2D eigenvalue weighted by Gasteiger charge is 2.26. The van der Waals surface area contributed by atoms with E-state index in [1.165, 1.54) is 51.4 Å². The predicted octanol–water partition coefficient (Wildman–Crippen LogP) is 2.04. The van der Waals surface area contributed by atoms with Gasteiger partial charge in [0.2, 0.25) is 0 Å². The molecule has 3 N–H and O–H groups in total. The Morgan fingerprint density at radius 2 is 1.57 bits per heavy atom. The van der Waals surface area contributed by atoms with Crippen LogP contribution < -0.4 is 11.1 Å². The average molecular weight is 196 g/mol. The van der Waals surface area contributed by atoms with E-state index in [2.05, 4.69) is 5.32 Å². The van der Waals surface area contributed by atoms with Crippen molar-refractivity contribution >= 4 is 0 Å². The fraction of sp³-hybridized carbons (Fsp3) is 1.00. The van der Waals surface area contributed by atoms with Crippen LogP contribution in [0.1, 0.15) is 51.4 Å². The largest absolute Gasteiger partial charge is 0.330 e. The highest BCUT2D eigenvalue weighted by Crippen LogP contribution is 2.26. The van der Waals surface area contributed by atoms with Crippen molar-refractivity contribution in [2.45, 2.75) is 63.5 Å². The normalized spacial score (nSPS) is 34.9. The Bertz CT molecular complexity index is 164. The van der Waals surface area contributed by atoms with Crippen molar-refractivity contribution in [3.05, 3.63) is 0 Å². The van der Waals surface area contributed by atoms with Crippen LogP contribution in [-0.2, 0) is 0 Å². The fourth-order valence-electron chi connectivity index (χ4n) is 3.10. The molecule has 0 heterocycles. The first-order chi connectivity index (χ1) is 6.90. The summed E-state index contributed by atoms with van der Waals surface area (Å²) in [7, 11) is 0. The summed E-state index contributed by atoms with van der Waals surface area (Å²) >= 11 is 0. The van der Waals surface area contributed by atoms with Crippen LogP contribution in [0.2, 0.25) is 0 Å². The van der Waals surface area contributed by atoms with Gasteiger partial charge in [-0.1, -0.05) is 25.7 Å². The van der Waals surface area contributed by atoms with E-state index in [0.29, 0.717) is 0 Å². The highest BCUT2D eigenvalue weighted by molar-refractivity contribution is 4.86. The average Bonchev–Trinajstić information content (AvgIpc) is 2.71. The first kappa shape index (κ1) is 10.4. The van der Waals surface area contributed by atoms with Crippen molar-refractivity contribution in [3.63, 3.8) is 0 Å². The molecule has 0 aromatic carbocycles. The van der Waals surface area contributed by atoms with Crippen molar-refractivity contribution < 1.29 is 0 Å². The second kappa shape index (κ2) is 5.13. The van der Waals surface area contributed by atoms with Crippen LogP contribution in [0.3, 0.4) is 0 Å². The molecule has 0 saturated heterocycles. The van der Waals surface area contributed by atoms with Gasteiger partial charge in [-0.05, 0) is 38.1 Å². The van der Waals surface area contributed by atoms with Crippen LogP contribution in [0.4, 0.5) is 0 Å². The molecule has 0 bridgehead atoms. The molecule has 2 fully saturated rings. The van der Waals surface area contributed by atoms with E-state index in [-0.39, 0.29) is 0 Å². The Morgan fingerprint density at radius 1 is 0.929 bits per heavy atom. The zero-order valence-electron chi connectivity index (χ0n) is 9.17. The number of hydrogen-bond donors (Lipinski definition) is 2. The van der Waals surface area contributed by atoms with Gasteiger partial charge >= 0.3 is 0 Å². The van der Waals surface area contributed by atoms with Gasteiger partial charge in [0.25, 0.3) is 0 Å². The van der Waals surface area contributed by atoms with Gasteiger partial charge < -0.3 is 11.1 Å². The summed E-state index contributed by atoms with van der Waals surface area (Å²) in [6.45, 7) is 0.879. The summed E-state index contributed by atoms with van der Waals surface area (Å²) in [5, 5.41) is 3.84. The molecule has 2 nitrogen and oxygen atoms in total. The lowest BCUT2D eigenvalue weighted by molar-refractivity contribution is 0.247. The number of nitrogens with one attached hydrogen (secondary N) is 1. The number of rotatable bonds is 3. The smallest absolute Gasteiger partial charge is 0.0110 e. The Hall–Kier alpha value is -0.0800. The zero-order valence-corrected chi connectivity index (χ0v) is 9.17. The van der Waals surface area contributed by atoms with E-state index < -0.39 is 0 Å². The summed E-state index contributed by atoms with van der Waals surface area (Å²) in [6.07, 6.45) is 11.2. The Kier molecular flexibility index (Phi) is 3.82. The van der Waals surface area contributed by atoms with Gasteiger partial charge in [-0.3, -0.25) is 0 Å². The Morgan fingerprint density at radius 3 is 2.29 bits per heavy atom. The van der Waals surface area contributed by atoms with Crippen molar-refractivity contribution in [1.29, 1.82) is 0 Å². The fourth-order valence-corrected chi connectivity index (χ4v) is 3.10. The second-order valence-electron chi connectivity index (χ2n) is 5.03. The molecular formula is C12H24N2. The van der Waals surface area contributed by atoms with E-state index in [1.54, 1.807) is 0 Å². The third kappa shape index (κ3) is 2.48. The molecule has 2 heteroatoms. The highest BCUT2D eigenvalue weighted by atomic mass is 15.0. The molecule has 2 atom stereocenters. The summed E-state index contributed by atoms with van der Waals surface area (Å²) in [4.78, 5) is 0. The third-order valence-corrected chi connectivity index (χ3v) is 4.02. The lowest BCUT2D eigenvalue weighted by atomic mass is 9.84. The van der Waals surface area contributed by atoms with E-state index in [9.17, 15) is 0 Å². The molecule has 2 aliphatic rings. The van der Waals surface area contributed by atoms with Gasteiger partial charge in [0.05, 0.1) is 0 Å². The maximum atomic E-state index is 5.83. The summed E-state index contributed by atoms with van der Waals surface area (Å²) in [5.41, 5.74) is 5.83. The standard InChI is InChI=1S/C12H24N2/c13-9-10-5-1-4-8-12(10)14-11-6-2-3-7-11/h10-12,14H,1-9,13H2. The van der Waals surface area contributed by atoms with Gasteiger partial charge in [-0.15, -0.1) is 0 Å². The zero-order chi connectivity index (χ0) is 9.80. The molecule has 0 amide bonds. The lowest BCUT2D eigenvalue weighted by Crippen LogP contribution is -2.45. The Balaban J connectivity index is 1.81. The van der Waals surface area contributed by atoms with Crippen molar-refractivity contribution in [1.82, 2.24) is 5.32 Å². The van der Waals surface area contributed by atoms with Crippen molar-refractivity contribution in [3.8, 4) is 0 Å². The van der Waals surface area contributed by atoms with Gasteiger partial charge in [0, 0.05) is 12.1 Å². The molecule has 0 radical (unpaired) electrons. The topological polar surface area (TPSA) is 38.0 Å². The SMILES string of the molecule is NCC1CCCCC1NC1CCCC1. The summed E-state index contributed by atoms with van der Waals surface area (Å²) in [5.74, 6) is 0.754. The van der Waals surface area contributed by atoms with E-state index >= 15 is 0 Å². The van der Waals surface area contributed by atoms with Crippen LogP contribution in [-0.4, -0.2) is 18.6 Å². The predicted molar refractivity (Wildman–Crippen MR) is 60.2 cm³/mol. The molecule has 0 aromatic rings. The molecule has 2 unspecified atom stereocenters. The molecule has 82 valence electrons. The van der Waals surface area contributed by atoms with E-state index in [4.69, 9.17) is 5.73 Å². The molecule has 2 rings (SSSR count). The second-order valence-corrected chi connectivity index (χ2v) is 5.03. The monoisotopic (exact) mass is 196 g/mol. The van der Waals surface area contributed by atoms with Crippen molar-refractivity contribution in [2.24, 2.45) is 11.7 Å². The first-order valence-electron chi connectivity index (χ1n) is 6.36. The lowest BCUT2D eigenvalue weighted by Gasteiger charge is -2.33. The molecule has 2 aliphatic carbocycles. The van der Waals surface area contributed by atoms with E-state index in [0.717, 1.165) is 24.5 Å². The maximum absolute atomic E-state index is 5.83. The van der Waals surface area contributed by atoms with E-state index in [1.807, 2.05) is 0 Å². The third-order valence-electron chi connectivity index (χ3n) is 4.02. The Labute approximate surface area is 87.6 Å². The van der Waals surface area contributed by atoms with Crippen LogP contribution >= 0.6 is 0 Å². The number of hydrogen-bond acceptors (Lipinski definition) is 2. The minimum atomic E-state index is 0.733. The van der Waals surface area contributed by atoms with Gasteiger partial charge in [0.15, 0.2) is 0 Å². The quantitative estimate of drug-likeness (QED) is 0.725. The summed E-state index contributed by atoms with van der Waals surface area (Å²) < 4.78 is 0. The molecule has 2 saturated carbocycles. The molecular weight excluding hydrogens is 172 g/mol. The minimum Gasteiger partial charge on any atom is -0.330 e. The van der Waals surface area contributed by atoms with Crippen LogP contribution in [0, 0.1) is 5.92 Å². The molecule has 0 aliphatic heterocycles. The minimum absolute atomic E-state index is 0.733. The summed E-state index contributed by atoms with van der Waals surface area (Å²) in [6, 6.07) is 1.55. The maximum Gasteiger partial charge on any atom is 0.0110 e. The van der Waals surface area contributed by atoms with Gasteiger partial charge in [-0.25, -0.2) is 0 Å². The molecule has 14 heavy (non-hydrogen) atoms. The first-order valence-corrected chi connectivity index (χ1v) is 6.36. The van der Waals surface area contributed by atoms with Crippen molar-refractivity contribution in [2.75, 3.05) is 6.54 Å². The molecule has 0 aromatic heterocycles. The number of nitrogens with two attached hydrogens (primary N) is 1. The van der Waals surface area contributed by atoms with Crippen LogP contribution in [0.5, 0.6) is 0 Å². The van der Waals surface area contributed by atoms with Gasteiger partial charge in [-0.2, -0.15) is 0 Å². The van der Waals surface area contributed by atoms with Crippen LogP contribution in [0.15, 0.2) is 0 Å². The van der Waals surface area contributed by atoms with Gasteiger partial charge in [0.1, 0.15) is 0 Å². The molecule has 0 spiro atoms.